The summed E-state index contributed by atoms with van der Waals surface area (Å²) >= 11 is 5.96. The summed E-state index contributed by atoms with van der Waals surface area (Å²) in [5, 5.41) is 0. The summed E-state index contributed by atoms with van der Waals surface area (Å²) in [6.45, 7) is 12.6. The molecule has 1 nitrogen and oxygen atoms in total. The van der Waals surface area contributed by atoms with E-state index in [-0.39, 0.29) is 17.0 Å². The second-order valence-corrected chi connectivity index (χ2v) is 8.19. The predicted octanol–water partition coefficient (Wildman–Crippen LogP) is 4.57. The first kappa shape index (κ1) is 27.9. The Morgan fingerprint density at radius 1 is 0.480 bits per heavy atom. The Morgan fingerprint density at radius 2 is 0.800 bits per heavy atom. The zero-order valence-electron chi connectivity index (χ0n) is 17.6. The zero-order chi connectivity index (χ0) is 17.9. The fourth-order valence-electron chi connectivity index (χ4n) is 3.83. The summed E-state index contributed by atoms with van der Waals surface area (Å²) in [7, 11) is 0. The summed E-state index contributed by atoms with van der Waals surface area (Å²) in [4.78, 5) is 0. The van der Waals surface area contributed by atoms with Gasteiger partial charge in [0.1, 0.15) is 0 Å². The standard InChI is InChI=1S/C22H47ClN.BrH/c1-4-7-10-14-19-24(22-17-13-18-23,20-15-11-8-5-2)21-16-12-9-6-3;/h4-22H2,1-3H3;1H/q+1;/p-1. The lowest BCUT2D eigenvalue weighted by Gasteiger charge is -2.39. The van der Waals surface area contributed by atoms with Gasteiger partial charge in [-0.3, -0.25) is 0 Å². The highest BCUT2D eigenvalue weighted by Gasteiger charge is 2.25. The van der Waals surface area contributed by atoms with Crippen LogP contribution in [0.15, 0.2) is 0 Å². The lowest BCUT2D eigenvalue weighted by atomic mass is 10.1. The summed E-state index contributed by atoms with van der Waals surface area (Å²) in [5.41, 5.74) is 0. The monoisotopic (exact) mass is 439 g/mol. The molecule has 0 aromatic carbocycles. The number of hydrogen-bond acceptors (Lipinski definition) is 0. The first-order valence-corrected chi connectivity index (χ1v) is 11.7. The number of quaternary nitrogens is 1. The van der Waals surface area contributed by atoms with Crippen LogP contribution in [0.2, 0.25) is 0 Å². The fourth-order valence-corrected chi connectivity index (χ4v) is 4.02. The van der Waals surface area contributed by atoms with Gasteiger partial charge in [0, 0.05) is 5.88 Å². The van der Waals surface area contributed by atoms with Crippen LogP contribution in [0.3, 0.4) is 0 Å². The highest BCUT2D eigenvalue weighted by atomic mass is 79.9. The molecule has 0 atom stereocenters. The van der Waals surface area contributed by atoms with Crippen molar-refractivity contribution >= 4 is 11.6 Å². The second-order valence-electron chi connectivity index (χ2n) is 7.81. The minimum atomic E-state index is 0. The molecule has 0 aliphatic rings. The molecule has 0 bridgehead atoms. The van der Waals surface area contributed by atoms with E-state index in [9.17, 15) is 0 Å². The number of rotatable bonds is 19. The largest absolute Gasteiger partial charge is 1.00 e. The smallest absolute Gasteiger partial charge is 0.0787 e. The Bertz CT molecular complexity index is 217. The van der Waals surface area contributed by atoms with Crippen LogP contribution in [0.5, 0.6) is 0 Å². The van der Waals surface area contributed by atoms with Gasteiger partial charge >= 0.3 is 0 Å². The quantitative estimate of drug-likeness (QED) is 0.157. The molecular weight excluding hydrogens is 394 g/mol. The van der Waals surface area contributed by atoms with Crippen LogP contribution in [0.4, 0.5) is 0 Å². The molecule has 0 radical (unpaired) electrons. The maximum Gasteiger partial charge on any atom is 0.0787 e. The van der Waals surface area contributed by atoms with Gasteiger partial charge in [-0.2, -0.15) is 0 Å². The molecular formula is C22H47BrClN. The Morgan fingerprint density at radius 3 is 1.08 bits per heavy atom. The summed E-state index contributed by atoms with van der Waals surface area (Å²) in [5.74, 6) is 0.835. The van der Waals surface area contributed by atoms with E-state index in [4.69, 9.17) is 11.6 Å². The Balaban J connectivity index is 0. The molecule has 0 aliphatic heterocycles. The molecule has 0 saturated carbocycles. The van der Waals surface area contributed by atoms with Crippen molar-refractivity contribution in [2.24, 2.45) is 0 Å². The van der Waals surface area contributed by atoms with Gasteiger partial charge in [-0.05, 0) is 51.4 Å². The third-order valence-electron chi connectivity index (χ3n) is 5.47. The van der Waals surface area contributed by atoms with Gasteiger partial charge in [0.05, 0.1) is 26.2 Å². The van der Waals surface area contributed by atoms with E-state index in [0.29, 0.717) is 0 Å². The summed E-state index contributed by atoms with van der Waals surface area (Å²) in [6, 6.07) is 0. The average molecular weight is 441 g/mol. The normalized spacial score (nSPS) is 11.5. The van der Waals surface area contributed by atoms with Crippen molar-refractivity contribution in [3.8, 4) is 0 Å². The summed E-state index contributed by atoms with van der Waals surface area (Å²) < 4.78 is 1.40. The van der Waals surface area contributed by atoms with Crippen LogP contribution < -0.4 is 17.0 Å². The van der Waals surface area contributed by atoms with Crippen molar-refractivity contribution in [3.05, 3.63) is 0 Å². The molecule has 0 N–H and O–H groups in total. The number of halogens is 2. The zero-order valence-corrected chi connectivity index (χ0v) is 20.0. The van der Waals surface area contributed by atoms with Crippen LogP contribution >= 0.6 is 11.6 Å². The number of nitrogens with zero attached hydrogens (tertiary/aromatic N) is 1. The molecule has 0 aromatic rings. The summed E-state index contributed by atoms with van der Waals surface area (Å²) in [6.07, 6.45) is 19.3. The number of alkyl halides is 1. The molecule has 0 rings (SSSR count). The van der Waals surface area contributed by atoms with Crippen molar-refractivity contribution in [1.82, 2.24) is 0 Å². The van der Waals surface area contributed by atoms with Crippen molar-refractivity contribution in [3.63, 3.8) is 0 Å². The van der Waals surface area contributed by atoms with Crippen LogP contribution in [0.1, 0.15) is 111 Å². The molecule has 154 valence electrons. The third kappa shape index (κ3) is 16.6. The minimum absolute atomic E-state index is 0. The van der Waals surface area contributed by atoms with E-state index in [2.05, 4.69) is 20.8 Å². The van der Waals surface area contributed by atoms with Gasteiger partial charge in [0.2, 0.25) is 0 Å². The molecule has 3 heteroatoms. The number of hydrogen-bond donors (Lipinski definition) is 0. The lowest BCUT2D eigenvalue weighted by Crippen LogP contribution is -3.00. The maximum atomic E-state index is 5.96. The van der Waals surface area contributed by atoms with E-state index in [1.165, 1.54) is 121 Å². The van der Waals surface area contributed by atoms with Gasteiger partial charge in [0.25, 0.3) is 0 Å². The molecule has 0 saturated heterocycles. The predicted molar refractivity (Wildman–Crippen MR) is 112 cm³/mol. The van der Waals surface area contributed by atoms with Crippen LogP contribution in [-0.4, -0.2) is 36.5 Å². The fraction of sp³-hybridized carbons (Fsp3) is 1.00. The SMILES string of the molecule is CCCCCC[N+](CCCCCl)(CCCCCC)CCCCCC.[Br-]. The first-order chi connectivity index (χ1) is 11.7. The number of unbranched alkanes of at least 4 members (excludes halogenated alkanes) is 10. The van der Waals surface area contributed by atoms with Gasteiger partial charge in [0.15, 0.2) is 0 Å². The van der Waals surface area contributed by atoms with Crippen molar-refractivity contribution < 1.29 is 21.5 Å². The van der Waals surface area contributed by atoms with Crippen molar-refractivity contribution in [2.75, 3.05) is 32.1 Å². The van der Waals surface area contributed by atoms with Gasteiger partial charge in [-0.15, -0.1) is 11.6 Å². The van der Waals surface area contributed by atoms with E-state index in [1.54, 1.807) is 0 Å². The molecule has 25 heavy (non-hydrogen) atoms. The first-order valence-electron chi connectivity index (χ1n) is 11.2. The molecule has 0 heterocycles. The molecule has 0 unspecified atom stereocenters. The maximum absolute atomic E-state index is 5.96. The Hall–Kier alpha value is 0.730. The van der Waals surface area contributed by atoms with Gasteiger partial charge < -0.3 is 21.5 Å². The molecule has 0 amide bonds. The average Bonchev–Trinajstić information content (AvgIpc) is 2.60. The third-order valence-corrected chi connectivity index (χ3v) is 5.74. The molecule has 0 spiro atoms. The van der Waals surface area contributed by atoms with Gasteiger partial charge in [-0.25, -0.2) is 0 Å². The van der Waals surface area contributed by atoms with Crippen LogP contribution in [-0.2, 0) is 0 Å². The van der Waals surface area contributed by atoms with Crippen LogP contribution in [0, 0.1) is 0 Å². The highest BCUT2D eigenvalue weighted by Crippen LogP contribution is 2.19. The van der Waals surface area contributed by atoms with E-state index in [1.807, 2.05) is 0 Å². The Kier molecular flexibility index (Phi) is 23.5. The highest BCUT2D eigenvalue weighted by molar-refractivity contribution is 6.17. The molecule has 0 aliphatic carbocycles. The van der Waals surface area contributed by atoms with E-state index >= 15 is 0 Å². The van der Waals surface area contributed by atoms with Gasteiger partial charge in [-0.1, -0.05) is 59.3 Å². The van der Waals surface area contributed by atoms with Crippen LogP contribution in [0.25, 0.3) is 0 Å². The van der Waals surface area contributed by atoms with Crippen molar-refractivity contribution in [2.45, 2.75) is 111 Å². The molecule has 0 fully saturated rings. The lowest BCUT2D eigenvalue weighted by molar-refractivity contribution is -0.929. The van der Waals surface area contributed by atoms with E-state index < -0.39 is 0 Å². The van der Waals surface area contributed by atoms with E-state index in [0.717, 1.165) is 5.88 Å². The van der Waals surface area contributed by atoms with Crippen molar-refractivity contribution in [1.29, 1.82) is 0 Å². The minimum Gasteiger partial charge on any atom is -1.00 e. The second kappa shape index (κ2) is 21.0. The molecule has 0 aromatic heterocycles. The Labute approximate surface area is 175 Å². The topological polar surface area (TPSA) is 0 Å².